The van der Waals surface area contributed by atoms with E-state index in [1.807, 2.05) is 0 Å². The average Bonchev–Trinajstić information content (AvgIpc) is 2.41. The second kappa shape index (κ2) is 9.59. The van der Waals surface area contributed by atoms with Crippen LogP contribution >= 0.6 is 23.2 Å². The Morgan fingerprint density at radius 3 is 2.32 bits per heavy atom. The Kier molecular flexibility index (Phi) is 8.46. The monoisotopic (exact) mass is 307 g/mol. The minimum Gasteiger partial charge on any atom is -0.355 e. The van der Waals surface area contributed by atoms with E-state index in [2.05, 4.69) is 22.0 Å². The van der Waals surface area contributed by atoms with Gasteiger partial charge in [0.15, 0.2) is 0 Å². The zero-order valence-corrected chi connectivity index (χ0v) is 13.0. The number of carbonyl (C=O) groups is 1. The van der Waals surface area contributed by atoms with E-state index < -0.39 is 0 Å². The van der Waals surface area contributed by atoms with E-state index in [1.54, 1.807) is 0 Å². The maximum atomic E-state index is 11.7. The van der Waals surface area contributed by atoms with Gasteiger partial charge in [-0.15, -0.1) is 0 Å². The molecule has 1 rings (SSSR count). The van der Waals surface area contributed by atoms with E-state index in [9.17, 15) is 4.79 Å². The molecule has 1 N–H and O–H groups in total. The molecule has 1 saturated heterocycles. The molecule has 0 aromatic carbocycles. The van der Waals surface area contributed by atoms with Crippen LogP contribution in [0.2, 0.25) is 0 Å². The van der Waals surface area contributed by atoms with Crippen LogP contribution in [0.3, 0.4) is 0 Å². The van der Waals surface area contributed by atoms with Crippen LogP contribution in [0.5, 0.6) is 0 Å². The molecule has 1 aliphatic rings. The number of rotatable bonds is 7. The molecule has 19 heavy (non-hydrogen) atoms. The molecule has 1 heterocycles. The first-order valence-electron chi connectivity index (χ1n) is 6.82. The lowest BCUT2D eigenvalue weighted by Gasteiger charge is -2.34. The van der Waals surface area contributed by atoms with Crippen molar-refractivity contribution in [3.8, 4) is 0 Å². The summed E-state index contributed by atoms with van der Waals surface area (Å²) in [4.78, 5) is 16.1. The number of hydrogen-bond acceptors (Lipinski definition) is 3. The van der Waals surface area contributed by atoms with Crippen LogP contribution < -0.4 is 5.32 Å². The van der Waals surface area contributed by atoms with Gasteiger partial charge in [-0.25, -0.2) is 0 Å². The van der Waals surface area contributed by atoms with Gasteiger partial charge in [0.05, 0.1) is 6.54 Å². The van der Waals surface area contributed by atoms with E-state index in [0.29, 0.717) is 18.1 Å². The summed E-state index contributed by atoms with van der Waals surface area (Å²) in [7, 11) is 0. The third-order valence-corrected chi connectivity index (χ3v) is 3.78. The SMILES string of the molecule is CCCCNC(=O)CN1CCN(CC(Cl)=CCl)CC1. The summed E-state index contributed by atoms with van der Waals surface area (Å²) in [5.41, 5.74) is 1.41. The van der Waals surface area contributed by atoms with Gasteiger partial charge in [0.1, 0.15) is 0 Å². The highest BCUT2D eigenvalue weighted by Crippen LogP contribution is 2.09. The number of nitrogens with one attached hydrogen (secondary N) is 1. The molecule has 0 aromatic heterocycles. The highest BCUT2D eigenvalue weighted by atomic mass is 35.5. The predicted molar refractivity (Wildman–Crippen MR) is 80.6 cm³/mol. The van der Waals surface area contributed by atoms with Crippen molar-refractivity contribution in [2.45, 2.75) is 19.8 Å². The second-order valence-electron chi connectivity index (χ2n) is 4.81. The number of halogens is 2. The fourth-order valence-electron chi connectivity index (χ4n) is 2.02. The van der Waals surface area contributed by atoms with Crippen LogP contribution in [0.25, 0.3) is 0 Å². The summed E-state index contributed by atoms with van der Waals surface area (Å²) >= 11 is 11.4. The van der Waals surface area contributed by atoms with Gasteiger partial charge < -0.3 is 5.32 Å². The fourth-order valence-corrected chi connectivity index (χ4v) is 2.26. The Hall–Kier alpha value is -0.290. The lowest BCUT2D eigenvalue weighted by atomic mass is 10.3. The Morgan fingerprint density at radius 1 is 1.21 bits per heavy atom. The third kappa shape index (κ3) is 7.16. The summed E-state index contributed by atoms with van der Waals surface area (Å²) in [5.74, 6) is 0.126. The third-order valence-electron chi connectivity index (χ3n) is 3.18. The van der Waals surface area contributed by atoms with E-state index in [1.165, 1.54) is 5.54 Å². The first-order chi connectivity index (χ1) is 9.15. The number of carbonyl (C=O) groups excluding carboxylic acids is 1. The molecule has 1 fully saturated rings. The Balaban J connectivity index is 2.17. The Labute approximate surface area is 125 Å². The standard InChI is InChI=1S/C13H23Cl2N3O/c1-2-3-4-16-13(19)11-18-7-5-17(6-8-18)10-12(15)9-14/h9H,2-8,10-11H2,1H3,(H,16,19). The van der Waals surface area contributed by atoms with Gasteiger partial charge in [0.25, 0.3) is 0 Å². The van der Waals surface area contributed by atoms with E-state index in [0.717, 1.165) is 45.6 Å². The molecule has 1 aliphatic heterocycles. The molecule has 0 atom stereocenters. The molecule has 0 saturated carbocycles. The van der Waals surface area contributed by atoms with Gasteiger partial charge in [-0.2, -0.15) is 0 Å². The molecule has 0 aromatic rings. The van der Waals surface area contributed by atoms with Gasteiger partial charge >= 0.3 is 0 Å². The van der Waals surface area contributed by atoms with Crippen LogP contribution in [0.4, 0.5) is 0 Å². The molecule has 0 radical (unpaired) electrons. The smallest absolute Gasteiger partial charge is 0.234 e. The summed E-state index contributed by atoms with van der Waals surface area (Å²) in [6, 6.07) is 0. The van der Waals surface area contributed by atoms with Crippen molar-refractivity contribution >= 4 is 29.1 Å². The Morgan fingerprint density at radius 2 is 1.79 bits per heavy atom. The van der Waals surface area contributed by atoms with Crippen LogP contribution in [0.15, 0.2) is 10.6 Å². The minimum absolute atomic E-state index is 0.126. The molecule has 110 valence electrons. The van der Waals surface area contributed by atoms with Gasteiger partial charge in [0, 0.05) is 49.8 Å². The summed E-state index contributed by atoms with van der Waals surface area (Å²) in [6.07, 6.45) is 2.15. The molecule has 0 unspecified atom stereocenters. The van der Waals surface area contributed by atoms with Crippen molar-refractivity contribution < 1.29 is 4.79 Å². The lowest BCUT2D eigenvalue weighted by molar-refractivity contribution is -0.122. The highest BCUT2D eigenvalue weighted by Gasteiger charge is 2.18. The number of amides is 1. The maximum Gasteiger partial charge on any atom is 0.234 e. The van der Waals surface area contributed by atoms with Crippen molar-refractivity contribution in [1.29, 1.82) is 0 Å². The largest absolute Gasteiger partial charge is 0.355 e. The van der Waals surface area contributed by atoms with Crippen molar-refractivity contribution in [3.05, 3.63) is 10.6 Å². The topological polar surface area (TPSA) is 35.6 Å². The van der Waals surface area contributed by atoms with Gasteiger partial charge in [-0.05, 0) is 6.42 Å². The first-order valence-corrected chi connectivity index (χ1v) is 7.63. The number of hydrogen-bond donors (Lipinski definition) is 1. The van der Waals surface area contributed by atoms with E-state index >= 15 is 0 Å². The van der Waals surface area contributed by atoms with Gasteiger partial charge in [-0.1, -0.05) is 36.5 Å². The zero-order chi connectivity index (χ0) is 14.1. The molecule has 1 amide bonds. The van der Waals surface area contributed by atoms with Crippen molar-refractivity contribution in [2.24, 2.45) is 0 Å². The summed E-state index contributed by atoms with van der Waals surface area (Å²) < 4.78 is 0. The van der Waals surface area contributed by atoms with Crippen LogP contribution in [0, 0.1) is 0 Å². The van der Waals surface area contributed by atoms with Crippen LogP contribution in [0.1, 0.15) is 19.8 Å². The summed E-state index contributed by atoms with van der Waals surface area (Å²) in [5, 5.41) is 3.60. The molecule has 6 heteroatoms. The predicted octanol–water partition coefficient (Wildman–Crippen LogP) is 1.84. The van der Waals surface area contributed by atoms with Crippen molar-refractivity contribution in [3.63, 3.8) is 0 Å². The van der Waals surface area contributed by atoms with Gasteiger partial charge in [0.2, 0.25) is 5.91 Å². The molecular weight excluding hydrogens is 285 g/mol. The second-order valence-corrected chi connectivity index (χ2v) is 5.52. The molecular formula is C13H23Cl2N3O. The number of piperazine rings is 1. The molecule has 0 aliphatic carbocycles. The first kappa shape index (κ1) is 16.8. The quantitative estimate of drug-likeness (QED) is 0.729. The number of unbranched alkanes of at least 4 members (excludes halogenated alkanes) is 1. The van der Waals surface area contributed by atoms with E-state index in [4.69, 9.17) is 23.2 Å². The molecule has 4 nitrogen and oxygen atoms in total. The normalized spacial score (nSPS) is 18.6. The zero-order valence-electron chi connectivity index (χ0n) is 11.5. The van der Waals surface area contributed by atoms with Crippen LogP contribution in [-0.4, -0.2) is 61.5 Å². The summed E-state index contributed by atoms with van der Waals surface area (Å²) in [6.45, 7) is 7.73. The average molecular weight is 308 g/mol. The van der Waals surface area contributed by atoms with Crippen LogP contribution in [-0.2, 0) is 4.79 Å². The molecule has 0 spiro atoms. The lowest BCUT2D eigenvalue weighted by Crippen LogP contribution is -2.49. The van der Waals surface area contributed by atoms with E-state index in [-0.39, 0.29) is 5.91 Å². The maximum absolute atomic E-state index is 11.7. The van der Waals surface area contributed by atoms with Gasteiger partial charge in [-0.3, -0.25) is 14.6 Å². The minimum atomic E-state index is 0.126. The molecule has 0 bridgehead atoms. The van der Waals surface area contributed by atoms with Crippen molar-refractivity contribution in [1.82, 2.24) is 15.1 Å². The fraction of sp³-hybridized carbons (Fsp3) is 0.769. The highest BCUT2D eigenvalue weighted by molar-refractivity contribution is 6.36. The number of nitrogens with zero attached hydrogens (tertiary/aromatic N) is 2. The van der Waals surface area contributed by atoms with Crippen molar-refractivity contribution in [2.75, 3.05) is 45.8 Å². The Bertz CT molecular complexity index is 302.